The van der Waals surface area contributed by atoms with Gasteiger partial charge in [-0.2, -0.15) is 0 Å². The lowest BCUT2D eigenvalue weighted by Crippen LogP contribution is -1.97. The molecule has 2 heterocycles. The number of anilines is 1. The highest BCUT2D eigenvalue weighted by Gasteiger charge is 2.09. The summed E-state index contributed by atoms with van der Waals surface area (Å²) in [6.45, 7) is 3.61. The Labute approximate surface area is 90.4 Å². The largest absolute Gasteiger partial charge is 0.428 e. The first-order valence-corrected chi connectivity index (χ1v) is 5.23. The maximum Gasteiger partial charge on any atom is 0.336 e. The number of aromatic nitrogens is 1. The first-order valence-electron chi connectivity index (χ1n) is 4.41. The third-order valence-corrected chi connectivity index (χ3v) is 3.00. The summed E-state index contributed by atoms with van der Waals surface area (Å²) in [5.74, 6) is 0.587. The van der Waals surface area contributed by atoms with E-state index in [4.69, 9.17) is 10.2 Å². The second kappa shape index (κ2) is 3.51. The number of hydrogen-bond acceptors (Lipinski definition) is 5. The summed E-state index contributed by atoms with van der Waals surface area (Å²) in [7, 11) is 0. The van der Waals surface area contributed by atoms with Crippen molar-refractivity contribution < 1.29 is 4.42 Å². The van der Waals surface area contributed by atoms with Crippen LogP contribution in [0.1, 0.15) is 11.5 Å². The van der Waals surface area contributed by atoms with Crippen LogP contribution in [0.4, 0.5) is 5.13 Å². The van der Waals surface area contributed by atoms with Crippen molar-refractivity contribution in [3.63, 3.8) is 0 Å². The van der Waals surface area contributed by atoms with Crippen LogP contribution in [0.5, 0.6) is 0 Å². The molecule has 2 N–H and O–H groups in total. The van der Waals surface area contributed by atoms with E-state index >= 15 is 0 Å². The van der Waals surface area contributed by atoms with Gasteiger partial charge in [-0.1, -0.05) is 11.3 Å². The minimum atomic E-state index is -0.351. The lowest BCUT2D eigenvalue weighted by Gasteiger charge is -1.98. The number of thiazole rings is 1. The molecule has 4 nitrogen and oxygen atoms in total. The first kappa shape index (κ1) is 9.92. The van der Waals surface area contributed by atoms with Crippen LogP contribution in [0.25, 0.3) is 10.4 Å². The lowest BCUT2D eigenvalue weighted by molar-refractivity contribution is 0.481. The Balaban J connectivity index is 2.63. The Bertz CT molecular complexity index is 557. The zero-order valence-electron chi connectivity index (χ0n) is 8.40. The molecule has 78 valence electrons. The van der Waals surface area contributed by atoms with E-state index in [1.807, 2.05) is 6.92 Å². The van der Waals surface area contributed by atoms with Gasteiger partial charge in [0.05, 0.1) is 10.6 Å². The Kier molecular flexibility index (Phi) is 2.32. The molecule has 2 aromatic heterocycles. The highest BCUT2D eigenvalue weighted by atomic mass is 32.1. The van der Waals surface area contributed by atoms with Gasteiger partial charge in [-0.25, -0.2) is 9.78 Å². The summed E-state index contributed by atoms with van der Waals surface area (Å²) >= 11 is 1.37. The average Bonchev–Trinajstić information content (AvgIpc) is 2.43. The van der Waals surface area contributed by atoms with E-state index < -0.39 is 0 Å². The van der Waals surface area contributed by atoms with Crippen molar-refractivity contribution in [2.75, 3.05) is 5.73 Å². The molecule has 0 fully saturated rings. The molecule has 5 heteroatoms. The van der Waals surface area contributed by atoms with E-state index in [0.29, 0.717) is 10.9 Å². The predicted molar refractivity (Wildman–Crippen MR) is 60.0 cm³/mol. The fourth-order valence-electron chi connectivity index (χ4n) is 1.42. The van der Waals surface area contributed by atoms with Gasteiger partial charge in [0.15, 0.2) is 5.13 Å². The van der Waals surface area contributed by atoms with E-state index in [0.717, 1.165) is 16.1 Å². The quantitative estimate of drug-likeness (QED) is 0.800. The normalized spacial score (nSPS) is 10.5. The maximum absolute atomic E-state index is 11.2. The number of nitrogens with zero attached hydrogens (tertiary/aromatic N) is 1. The predicted octanol–water partition coefficient (Wildman–Crippen LogP) is 1.96. The highest BCUT2D eigenvalue weighted by Crippen LogP contribution is 2.30. The summed E-state index contributed by atoms with van der Waals surface area (Å²) in [6.07, 6.45) is 0. The lowest BCUT2D eigenvalue weighted by atomic mass is 10.2. The first-order chi connectivity index (χ1) is 7.06. The second-order valence-electron chi connectivity index (χ2n) is 3.24. The van der Waals surface area contributed by atoms with Crippen LogP contribution in [0.3, 0.4) is 0 Å². The molecule has 0 aliphatic carbocycles. The standard InChI is InChI=1S/C10H10N2O2S/c1-5-3-7(4-8(13)14-5)9-6(2)12-10(11)15-9/h3-4H,1-2H3,(H2,11,12). The van der Waals surface area contributed by atoms with Gasteiger partial charge < -0.3 is 10.2 Å². The molecule has 0 aromatic carbocycles. The molecule has 0 saturated heterocycles. The third-order valence-electron chi connectivity index (χ3n) is 1.97. The summed E-state index contributed by atoms with van der Waals surface area (Å²) in [6, 6.07) is 3.26. The minimum Gasteiger partial charge on any atom is -0.428 e. The summed E-state index contributed by atoms with van der Waals surface area (Å²) in [4.78, 5) is 16.2. The van der Waals surface area contributed by atoms with Crippen molar-refractivity contribution in [3.05, 3.63) is 34.0 Å². The molecule has 0 spiro atoms. The monoisotopic (exact) mass is 222 g/mol. The van der Waals surface area contributed by atoms with Crippen molar-refractivity contribution in [1.29, 1.82) is 0 Å². The minimum absolute atomic E-state index is 0.351. The maximum atomic E-state index is 11.2. The van der Waals surface area contributed by atoms with Crippen LogP contribution in [-0.4, -0.2) is 4.98 Å². The molecule has 0 aliphatic rings. The molecular formula is C10H10N2O2S. The number of nitrogens with two attached hydrogens (primary N) is 1. The van der Waals surface area contributed by atoms with Crippen molar-refractivity contribution in [3.8, 4) is 10.4 Å². The van der Waals surface area contributed by atoms with Gasteiger partial charge in [0, 0.05) is 11.6 Å². The smallest absolute Gasteiger partial charge is 0.336 e. The zero-order valence-corrected chi connectivity index (χ0v) is 9.22. The summed E-state index contributed by atoms with van der Waals surface area (Å²) < 4.78 is 4.88. The molecule has 15 heavy (non-hydrogen) atoms. The van der Waals surface area contributed by atoms with Gasteiger partial charge in [-0.3, -0.25) is 0 Å². The number of aryl methyl sites for hydroxylation is 2. The Morgan fingerprint density at radius 1 is 1.40 bits per heavy atom. The molecule has 0 atom stereocenters. The van der Waals surface area contributed by atoms with Gasteiger partial charge in [-0.15, -0.1) is 0 Å². The van der Waals surface area contributed by atoms with Gasteiger partial charge >= 0.3 is 5.63 Å². The Morgan fingerprint density at radius 2 is 2.13 bits per heavy atom. The number of nitrogen functional groups attached to an aromatic ring is 1. The zero-order chi connectivity index (χ0) is 11.0. The molecule has 2 rings (SSSR count). The molecular weight excluding hydrogens is 212 g/mol. The topological polar surface area (TPSA) is 69.1 Å². The fourth-order valence-corrected chi connectivity index (χ4v) is 2.24. The van der Waals surface area contributed by atoms with Gasteiger partial charge in [0.2, 0.25) is 0 Å². The van der Waals surface area contributed by atoms with Gasteiger partial charge in [0.1, 0.15) is 5.76 Å². The van der Waals surface area contributed by atoms with Crippen LogP contribution < -0.4 is 11.4 Å². The summed E-state index contributed by atoms with van der Waals surface area (Å²) in [5, 5.41) is 0.508. The van der Waals surface area contributed by atoms with Crippen LogP contribution >= 0.6 is 11.3 Å². The van der Waals surface area contributed by atoms with Crippen molar-refractivity contribution in [2.24, 2.45) is 0 Å². The van der Waals surface area contributed by atoms with Gasteiger partial charge in [0.25, 0.3) is 0 Å². The van der Waals surface area contributed by atoms with Crippen LogP contribution in [-0.2, 0) is 0 Å². The van der Waals surface area contributed by atoms with Crippen molar-refractivity contribution in [1.82, 2.24) is 4.98 Å². The van der Waals surface area contributed by atoms with E-state index in [1.54, 1.807) is 13.0 Å². The third kappa shape index (κ3) is 1.92. The number of rotatable bonds is 1. The molecule has 0 saturated carbocycles. The van der Waals surface area contributed by atoms with Crippen molar-refractivity contribution in [2.45, 2.75) is 13.8 Å². The van der Waals surface area contributed by atoms with E-state index in [1.165, 1.54) is 17.4 Å². The van der Waals surface area contributed by atoms with Crippen LogP contribution in [0.2, 0.25) is 0 Å². The summed E-state index contributed by atoms with van der Waals surface area (Å²) in [5.41, 5.74) is 6.90. The molecule has 0 radical (unpaired) electrons. The molecule has 0 bridgehead atoms. The van der Waals surface area contributed by atoms with Crippen molar-refractivity contribution >= 4 is 16.5 Å². The molecule has 0 amide bonds. The molecule has 2 aromatic rings. The van der Waals surface area contributed by atoms with E-state index in [-0.39, 0.29) is 5.63 Å². The highest BCUT2D eigenvalue weighted by molar-refractivity contribution is 7.18. The Morgan fingerprint density at radius 3 is 2.67 bits per heavy atom. The van der Waals surface area contributed by atoms with E-state index in [2.05, 4.69) is 4.98 Å². The average molecular weight is 222 g/mol. The van der Waals surface area contributed by atoms with Gasteiger partial charge in [-0.05, 0) is 19.9 Å². The molecule has 0 unspecified atom stereocenters. The number of hydrogen-bond donors (Lipinski definition) is 1. The van der Waals surface area contributed by atoms with Crippen LogP contribution in [0, 0.1) is 13.8 Å². The second-order valence-corrected chi connectivity index (χ2v) is 4.27. The molecule has 0 aliphatic heterocycles. The Hall–Kier alpha value is -1.62. The van der Waals surface area contributed by atoms with Crippen LogP contribution in [0.15, 0.2) is 21.3 Å². The fraction of sp³-hybridized carbons (Fsp3) is 0.200. The van der Waals surface area contributed by atoms with E-state index in [9.17, 15) is 4.79 Å². The SMILES string of the molecule is Cc1cc(-c2sc(N)nc2C)cc(=O)o1.